The number of allylic oxidation sites excluding steroid dienone is 1. The molecule has 0 saturated carbocycles. The number of para-hydroxylation sites is 1. The number of aliphatic hydroxyl groups is 1. The molecular formula is C19H19NO. The largest absolute Gasteiger partial charge is 0.392 e. The second-order valence-corrected chi connectivity index (χ2v) is 5.24. The summed E-state index contributed by atoms with van der Waals surface area (Å²) in [4.78, 5) is 0. The SMILES string of the molecule is C/C(=C\CO)c1cccc2ccn(Cc3ccccc3)c12. The first kappa shape index (κ1) is 13.7. The van der Waals surface area contributed by atoms with Crippen molar-refractivity contribution < 1.29 is 5.11 Å². The molecule has 1 heterocycles. The second kappa shape index (κ2) is 5.98. The number of hydrogen-bond donors (Lipinski definition) is 1. The van der Waals surface area contributed by atoms with Crippen LogP contribution in [0.15, 0.2) is 66.9 Å². The third-order valence-corrected chi connectivity index (χ3v) is 3.81. The van der Waals surface area contributed by atoms with Crippen molar-refractivity contribution in [2.45, 2.75) is 13.5 Å². The summed E-state index contributed by atoms with van der Waals surface area (Å²) in [5.41, 5.74) is 4.80. The lowest BCUT2D eigenvalue weighted by atomic mass is 10.0. The predicted octanol–water partition coefficient (Wildman–Crippen LogP) is 4.09. The summed E-state index contributed by atoms with van der Waals surface area (Å²) in [7, 11) is 0. The molecule has 0 aliphatic carbocycles. The third kappa shape index (κ3) is 2.76. The fourth-order valence-corrected chi connectivity index (χ4v) is 2.74. The number of aromatic nitrogens is 1. The van der Waals surface area contributed by atoms with E-state index in [1.165, 1.54) is 22.0 Å². The van der Waals surface area contributed by atoms with E-state index in [0.717, 1.165) is 12.1 Å². The van der Waals surface area contributed by atoms with Crippen LogP contribution >= 0.6 is 0 Å². The minimum absolute atomic E-state index is 0.0710. The topological polar surface area (TPSA) is 25.2 Å². The van der Waals surface area contributed by atoms with Gasteiger partial charge in [-0.05, 0) is 24.1 Å². The molecule has 0 aliphatic rings. The first-order valence-corrected chi connectivity index (χ1v) is 7.19. The van der Waals surface area contributed by atoms with Crippen LogP contribution in [-0.2, 0) is 6.54 Å². The van der Waals surface area contributed by atoms with Gasteiger partial charge in [-0.2, -0.15) is 0 Å². The Morgan fingerprint density at radius 3 is 2.62 bits per heavy atom. The summed E-state index contributed by atoms with van der Waals surface area (Å²) >= 11 is 0. The van der Waals surface area contributed by atoms with Crippen molar-refractivity contribution in [1.29, 1.82) is 0 Å². The molecule has 1 aromatic heterocycles. The maximum absolute atomic E-state index is 9.14. The highest BCUT2D eigenvalue weighted by Gasteiger charge is 2.08. The van der Waals surface area contributed by atoms with Crippen molar-refractivity contribution in [3.8, 4) is 0 Å². The van der Waals surface area contributed by atoms with E-state index < -0.39 is 0 Å². The Bertz CT molecular complexity index is 769. The first-order chi connectivity index (χ1) is 10.3. The molecule has 0 unspecified atom stereocenters. The van der Waals surface area contributed by atoms with Gasteiger partial charge >= 0.3 is 0 Å². The van der Waals surface area contributed by atoms with Crippen LogP contribution in [0.25, 0.3) is 16.5 Å². The van der Waals surface area contributed by atoms with E-state index in [1.807, 2.05) is 19.1 Å². The average molecular weight is 277 g/mol. The molecule has 0 atom stereocenters. The summed E-state index contributed by atoms with van der Waals surface area (Å²) in [6.07, 6.45) is 3.99. The molecule has 106 valence electrons. The number of rotatable bonds is 4. The highest BCUT2D eigenvalue weighted by Crippen LogP contribution is 2.26. The van der Waals surface area contributed by atoms with Gasteiger partial charge in [0, 0.05) is 23.7 Å². The fraction of sp³-hybridized carbons (Fsp3) is 0.158. The van der Waals surface area contributed by atoms with E-state index in [-0.39, 0.29) is 6.61 Å². The normalized spacial score (nSPS) is 12.0. The summed E-state index contributed by atoms with van der Waals surface area (Å²) in [6, 6.07) is 18.9. The molecule has 3 rings (SSSR count). The summed E-state index contributed by atoms with van der Waals surface area (Å²) in [5, 5.41) is 10.4. The third-order valence-electron chi connectivity index (χ3n) is 3.81. The van der Waals surface area contributed by atoms with Gasteiger partial charge in [-0.3, -0.25) is 0 Å². The van der Waals surface area contributed by atoms with Gasteiger partial charge in [0.1, 0.15) is 0 Å². The van der Waals surface area contributed by atoms with Crippen molar-refractivity contribution in [1.82, 2.24) is 4.57 Å². The standard InChI is InChI=1S/C19H19NO/c1-15(11-13-21)18-9-5-8-17-10-12-20(19(17)18)14-16-6-3-2-4-7-16/h2-12,21H,13-14H2,1H3/b15-11+. The predicted molar refractivity (Wildman–Crippen MR) is 88.2 cm³/mol. The van der Waals surface area contributed by atoms with Crippen LogP contribution in [0.4, 0.5) is 0 Å². The molecule has 0 amide bonds. The molecule has 0 fully saturated rings. The zero-order valence-corrected chi connectivity index (χ0v) is 12.2. The molecular weight excluding hydrogens is 258 g/mol. The number of fused-ring (bicyclic) bond motifs is 1. The summed E-state index contributed by atoms with van der Waals surface area (Å²) in [6.45, 7) is 2.97. The van der Waals surface area contributed by atoms with Crippen LogP contribution in [0.5, 0.6) is 0 Å². The number of aliphatic hydroxyl groups excluding tert-OH is 1. The Hall–Kier alpha value is -2.32. The van der Waals surface area contributed by atoms with E-state index in [0.29, 0.717) is 0 Å². The molecule has 0 radical (unpaired) electrons. The van der Waals surface area contributed by atoms with E-state index >= 15 is 0 Å². The smallest absolute Gasteiger partial charge is 0.0618 e. The monoisotopic (exact) mass is 277 g/mol. The number of benzene rings is 2. The minimum atomic E-state index is 0.0710. The van der Waals surface area contributed by atoms with Crippen LogP contribution in [-0.4, -0.2) is 16.3 Å². The summed E-state index contributed by atoms with van der Waals surface area (Å²) in [5.74, 6) is 0. The lowest BCUT2D eigenvalue weighted by Crippen LogP contribution is -1.99. The Labute approximate surface area is 125 Å². The van der Waals surface area contributed by atoms with Crippen LogP contribution < -0.4 is 0 Å². The van der Waals surface area contributed by atoms with Gasteiger partial charge in [0.05, 0.1) is 12.1 Å². The van der Waals surface area contributed by atoms with Crippen molar-refractivity contribution in [2.24, 2.45) is 0 Å². The van der Waals surface area contributed by atoms with E-state index in [9.17, 15) is 0 Å². The molecule has 2 aromatic carbocycles. The Balaban J connectivity index is 2.10. The second-order valence-electron chi connectivity index (χ2n) is 5.24. The molecule has 3 aromatic rings. The molecule has 1 N–H and O–H groups in total. The lowest BCUT2D eigenvalue weighted by molar-refractivity contribution is 0.343. The minimum Gasteiger partial charge on any atom is -0.392 e. The number of hydrogen-bond acceptors (Lipinski definition) is 1. The lowest BCUT2D eigenvalue weighted by Gasteiger charge is -2.10. The van der Waals surface area contributed by atoms with Gasteiger partial charge in [0.2, 0.25) is 0 Å². The molecule has 2 nitrogen and oxygen atoms in total. The Morgan fingerprint density at radius 1 is 1.05 bits per heavy atom. The Kier molecular flexibility index (Phi) is 3.89. The number of nitrogens with zero attached hydrogens (tertiary/aromatic N) is 1. The molecule has 2 heteroatoms. The maximum Gasteiger partial charge on any atom is 0.0618 e. The zero-order valence-electron chi connectivity index (χ0n) is 12.2. The van der Waals surface area contributed by atoms with E-state index in [2.05, 4.69) is 59.3 Å². The summed E-state index contributed by atoms with van der Waals surface area (Å²) < 4.78 is 2.27. The molecule has 21 heavy (non-hydrogen) atoms. The van der Waals surface area contributed by atoms with Crippen molar-refractivity contribution in [3.63, 3.8) is 0 Å². The zero-order chi connectivity index (χ0) is 14.7. The van der Waals surface area contributed by atoms with Gasteiger partial charge in [-0.25, -0.2) is 0 Å². The highest BCUT2D eigenvalue weighted by atomic mass is 16.2. The molecule has 0 aliphatic heterocycles. The van der Waals surface area contributed by atoms with Gasteiger partial charge in [0.15, 0.2) is 0 Å². The fourth-order valence-electron chi connectivity index (χ4n) is 2.74. The van der Waals surface area contributed by atoms with E-state index in [1.54, 1.807) is 0 Å². The van der Waals surface area contributed by atoms with Crippen LogP contribution in [0.1, 0.15) is 18.1 Å². The maximum atomic E-state index is 9.14. The van der Waals surface area contributed by atoms with Gasteiger partial charge < -0.3 is 9.67 Å². The quantitative estimate of drug-likeness (QED) is 0.763. The molecule has 0 bridgehead atoms. The van der Waals surface area contributed by atoms with Crippen LogP contribution in [0, 0.1) is 0 Å². The van der Waals surface area contributed by atoms with Crippen LogP contribution in [0.2, 0.25) is 0 Å². The van der Waals surface area contributed by atoms with Crippen molar-refractivity contribution in [3.05, 3.63) is 78.0 Å². The van der Waals surface area contributed by atoms with Crippen molar-refractivity contribution in [2.75, 3.05) is 6.61 Å². The average Bonchev–Trinajstić information content (AvgIpc) is 2.92. The van der Waals surface area contributed by atoms with Crippen molar-refractivity contribution >= 4 is 16.5 Å². The molecule has 0 saturated heterocycles. The van der Waals surface area contributed by atoms with Crippen LogP contribution in [0.3, 0.4) is 0 Å². The van der Waals surface area contributed by atoms with E-state index in [4.69, 9.17) is 5.11 Å². The van der Waals surface area contributed by atoms with Gasteiger partial charge in [0.25, 0.3) is 0 Å². The van der Waals surface area contributed by atoms with Gasteiger partial charge in [-0.15, -0.1) is 0 Å². The Morgan fingerprint density at radius 2 is 1.86 bits per heavy atom. The highest BCUT2D eigenvalue weighted by molar-refractivity contribution is 5.91. The first-order valence-electron chi connectivity index (χ1n) is 7.19. The molecule has 0 spiro atoms. The van der Waals surface area contributed by atoms with Gasteiger partial charge in [-0.1, -0.05) is 54.6 Å².